The maximum atomic E-state index is 3.35. The molecular weight excluding hydrogens is 172 g/mol. The van der Waals surface area contributed by atoms with Gasteiger partial charge in [-0.25, -0.2) is 0 Å². The molecule has 2 aliphatic heterocycles. The highest BCUT2D eigenvalue weighted by Gasteiger charge is 1.94. The molecule has 2 aliphatic rings. The van der Waals surface area contributed by atoms with Crippen molar-refractivity contribution in [3.8, 4) is 0 Å². The summed E-state index contributed by atoms with van der Waals surface area (Å²) in [5.74, 6) is 0. The molecule has 2 nitrogen and oxygen atoms in total. The third-order valence-corrected chi connectivity index (χ3v) is 2.91. The summed E-state index contributed by atoms with van der Waals surface area (Å²) < 4.78 is 0. The molecule has 14 heavy (non-hydrogen) atoms. The number of hydrogen-bond donors (Lipinski definition) is 2. The van der Waals surface area contributed by atoms with Crippen LogP contribution in [0, 0.1) is 0 Å². The summed E-state index contributed by atoms with van der Waals surface area (Å²) >= 11 is 0. The van der Waals surface area contributed by atoms with Crippen LogP contribution in [0.2, 0.25) is 0 Å². The molecular formula is C12H26N2. The lowest BCUT2D eigenvalue weighted by Gasteiger charge is -1.91. The number of rotatable bonds is 0. The lowest BCUT2D eigenvalue weighted by Crippen LogP contribution is -2.12. The molecule has 2 fully saturated rings. The maximum Gasteiger partial charge on any atom is -0.00489 e. The third-order valence-electron chi connectivity index (χ3n) is 2.91. The summed E-state index contributed by atoms with van der Waals surface area (Å²) in [6, 6.07) is 0. The van der Waals surface area contributed by atoms with Crippen LogP contribution < -0.4 is 10.6 Å². The maximum absolute atomic E-state index is 3.35. The molecule has 0 bridgehead atoms. The summed E-state index contributed by atoms with van der Waals surface area (Å²) in [5, 5.41) is 6.69. The van der Waals surface area contributed by atoms with Gasteiger partial charge in [0.1, 0.15) is 0 Å². The van der Waals surface area contributed by atoms with Crippen LogP contribution in [0.15, 0.2) is 0 Å². The first kappa shape index (κ1) is 12.0. The monoisotopic (exact) mass is 198 g/mol. The molecule has 2 rings (SSSR count). The molecule has 0 amide bonds. The van der Waals surface area contributed by atoms with Crippen LogP contribution in [-0.2, 0) is 0 Å². The van der Waals surface area contributed by atoms with Gasteiger partial charge in [0.25, 0.3) is 0 Å². The highest BCUT2D eigenvalue weighted by atomic mass is 14.8. The summed E-state index contributed by atoms with van der Waals surface area (Å²) in [4.78, 5) is 0. The Morgan fingerprint density at radius 3 is 0.929 bits per heavy atom. The molecule has 0 radical (unpaired) electrons. The largest absolute Gasteiger partial charge is 0.317 e. The summed E-state index contributed by atoms with van der Waals surface area (Å²) in [7, 11) is 0. The first-order chi connectivity index (χ1) is 7.00. The fourth-order valence-corrected chi connectivity index (χ4v) is 1.96. The second kappa shape index (κ2) is 9.47. The molecule has 2 N–H and O–H groups in total. The van der Waals surface area contributed by atoms with Gasteiger partial charge in [-0.1, -0.05) is 25.7 Å². The smallest absolute Gasteiger partial charge is 0.00489 e. The lowest BCUT2D eigenvalue weighted by molar-refractivity contribution is 0.702. The minimum atomic E-state index is 1.25. The molecule has 0 aliphatic carbocycles. The summed E-state index contributed by atoms with van der Waals surface area (Å²) in [6.45, 7) is 5.00. The van der Waals surface area contributed by atoms with E-state index in [1.807, 2.05) is 0 Å². The molecule has 0 atom stereocenters. The Labute approximate surface area is 88.8 Å². The molecule has 0 aromatic heterocycles. The summed E-state index contributed by atoms with van der Waals surface area (Å²) in [5.41, 5.74) is 0. The van der Waals surface area contributed by atoms with Gasteiger partial charge in [0, 0.05) is 0 Å². The average molecular weight is 198 g/mol. The van der Waals surface area contributed by atoms with Crippen LogP contribution in [0.1, 0.15) is 51.4 Å². The lowest BCUT2D eigenvalue weighted by atomic mass is 10.2. The zero-order chi connectivity index (χ0) is 9.90. The first-order valence-corrected chi connectivity index (χ1v) is 6.41. The van der Waals surface area contributed by atoms with Crippen molar-refractivity contribution in [1.82, 2.24) is 10.6 Å². The number of nitrogens with one attached hydrogen (secondary N) is 2. The Morgan fingerprint density at radius 2 is 0.643 bits per heavy atom. The van der Waals surface area contributed by atoms with Crippen LogP contribution in [0.3, 0.4) is 0 Å². The van der Waals surface area contributed by atoms with E-state index in [0.29, 0.717) is 0 Å². The average Bonchev–Trinajstić information content (AvgIpc) is 2.68. The Bertz CT molecular complexity index is 61.6. The molecule has 0 aromatic carbocycles. The van der Waals surface area contributed by atoms with Gasteiger partial charge in [-0.15, -0.1) is 0 Å². The van der Waals surface area contributed by atoms with Gasteiger partial charge >= 0.3 is 0 Å². The molecule has 0 spiro atoms. The van der Waals surface area contributed by atoms with Crippen molar-refractivity contribution in [2.45, 2.75) is 51.4 Å². The second-order valence-electron chi connectivity index (χ2n) is 4.33. The van der Waals surface area contributed by atoms with Crippen LogP contribution in [0.4, 0.5) is 0 Å². The van der Waals surface area contributed by atoms with Gasteiger partial charge in [0.15, 0.2) is 0 Å². The van der Waals surface area contributed by atoms with Gasteiger partial charge in [0.2, 0.25) is 0 Å². The molecule has 0 unspecified atom stereocenters. The van der Waals surface area contributed by atoms with Crippen molar-refractivity contribution in [3.05, 3.63) is 0 Å². The molecule has 2 saturated heterocycles. The Kier molecular flexibility index (Phi) is 8.12. The number of hydrogen-bond acceptors (Lipinski definition) is 2. The van der Waals surface area contributed by atoms with Crippen molar-refractivity contribution in [2.75, 3.05) is 26.2 Å². The highest BCUT2D eigenvalue weighted by molar-refractivity contribution is 4.55. The molecule has 0 saturated carbocycles. The Morgan fingerprint density at radius 1 is 0.357 bits per heavy atom. The quantitative estimate of drug-likeness (QED) is 0.624. The van der Waals surface area contributed by atoms with E-state index in [-0.39, 0.29) is 0 Å². The van der Waals surface area contributed by atoms with Crippen LogP contribution in [0.5, 0.6) is 0 Å². The van der Waals surface area contributed by atoms with E-state index in [9.17, 15) is 0 Å². The van der Waals surface area contributed by atoms with Gasteiger partial charge in [-0.3, -0.25) is 0 Å². The fourth-order valence-electron chi connectivity index (χ4n) is 1.96. The first-order valence-electron chi connectivity index (χ1n) is 6.41. The van der Waals surface area contributed by atoms with Crippen molar-refractivity contribution in [3.63, 3.8) is 0 Å². The van der Waals surface area contributed by atoms with Gasteiger partial charge in [-0.2, -0.15) is 0 Å². The van der Waals surface area contributed by atoms with Gasteiger partial charge < -0.3 is 10.6 Å². The highest BCUT2D eigenvalue weighted by Crippen LogP contribution is 2.01. The minimum absolute atomic E-state index is 1.25. The molecule has 2 heterocycles. The van der Waals surface area contributed by atoms with E-state index < -0.39 is 0 Å². The predicted molar refractivity (Wildman–Crippen MR) is 62.7 cm³/mol. The Balaban J connectivity index is 0.000000140. The summed E-state index contributed by atoms with van der Waals surface area (Å²) in [6.07, 6.45) is 11.3. The zero-order valence-electron chi connectivity index (χ0n) is 9.49. The van der Waals surface area contributed by atoms with Crippen LogP contribution in [0.25, 0.3) is 0 Å². The van der Waals surface area contributed by atoms with Gasteiger partial charge in [-0.05, 0) is 51.9 Å². The standard InChI is InChI=1S/2C6H13N/c2*1-2-4-6-7-5-3-1/h2*7H,1-6H2. The van der Waals surface area contributed by atoms with Crippen molar-refractivity contribution in [1.29, 1.82) is 0 Å². The van der Waals surface area contributed by atoms with Crippen molar-refractivity contribution < 1.29 is 0 Å². The third kappa shape index (κ3) is 7.34. The van der Waals surface area contributed by atoms with Crippen molar-refractivity contribution in [2.24, 2.45) is 0 Å². The van der Waals surface area contributed by atoms with E-state index in [0.717, 1.165) is 0 Å². The van der Waals surface area contributed by atoms with E-state index >= 15 is 0 Å². The molecule has 0 aromatic rings. The minimum Gasteiger partial charge on any atom is -0.317 e. The fraction of sp³-hybridized carbons (Fsp3) is 1.00. The zero-order valence-corrected chi connectivity index (χ0v) is 9.49. The van der Waals surface area contributed by atoms with E-state index in [2.05, 4.69) is 10.6 Å². The predicted octanol–water partition coefficient (Wildman–Crippen LogP) is 2.30. The SMILES string of the molecule is C1CCCNCC1.C1CCCNCC1. The van der Waals surface area contributed by atoms with Crippen LogP contribution in [-0.4, -0.2) is 26.2 Å². The van der Waals surface area contributed by atoms with E-state index in [4.69, 9.17) is 0 Å². The topological polar surface area (TPSA) is 24.1 Å². The van der Waals surface area contributed by atoms with E-state index in [1.165, 1.54) is 77.5 Å². The normalized spacial score (nSPS) is 24.0. The second-order valence-corrected chi connectivity index (χ2v) is 4.33. The van der Waals surface area contributed by atoms with Crippen LogP contribution >= 0.6 is 0 Å². The van der Waals surface area contributed by atoms with E-state index in [1.54, 1.807) is 0 Å². The van der Waals surface area contributed by atoms with Crippen molar-refractivity contribution >= 4 is 0 Å². The Hall–Kier alpha value is -0.0800. The molecule has 2 heteroatoms. The molecule has 84 valence electrons. The van der Waals surface area contributed by atoms with Gasteiger partial charge in [0.05, 0.1) is 0 Å².